The lowest BCUT2D eigenvalue weighted by atomic mass is 9.69. The van der Waals surface area contributed by atoms with Crippen LogP contribution in [0.5, 0.6) is 0 Å². The number of aromatic nitrogens is 3. The molecule has 1 aliphatic carbocycles. The first-order chi connectivity index (χ1) is 16.1. The number of pyridine rings is 1. The molecule has 6 rings (SSSR count). The largest absolute Gasteiger partial charge is 0.370 e. The zero-order valence-corrected chi connectivity index (χ0v) is 18.4. The molecule has 0 amide bonds. The van der Waals surface area contributed by atoms with Crippen LogP contribution in [0.1, 0.15) is 43.4 Å². The third kappa shape index (κ3) is 3.24. The quantitative estimate of drug-likeness (QED) is 0.548. The van der Waals surface area contributed by atoms with Gasteiger partial charge >= 0.3 is 0 Å². The third-order valence-electron chi connectivity index (χ3n) is 6.90. The van der Waals surface area contributed by atoms with Gasteiger partial charge in [0, 0.05) is 43.1 Å². The van der Waals surface area contributed by atoms with Gasteiger partial charge in [-0.3, -0.25) is 9.59 Å². The molecule has 4 heterocycles. The lowest BCUT2D eigenvalue weighted by molar-refractivity contribution is -0.0323. The maximum Gasteiger partial charge on any atom is 0.274 e. The third-order valence-corrected chi connectivity index (χ3v) is 6.90. The molecule has 7 nitrogen and oxygen atoms in total. The molecule has 34 heavy (non-hydrogen) atoms. The Labute approximate surface area is 191 Å². The van der Waals surface area contributed by atoms with E-state index in [1.165, 1.54) is 36.0 Å². The Kier molecular flexibility index (Phi) is 5.08. The van der Waals surface area contributed by atoms with E-state index >= 15 is 0 Å². The van der Waals surface area contributed by atoms with Gasteiger partial charge in [0.1, 0.15) is 18.1 Å². The van der Waals surface area contributed by atoms with E-state index < -0.39 is 52.8 Å². The van der Waals surface area contributed by atoms with Gasteiger partial charge in [0.05, 0.1) is 29.1 Å². The fourth-order valence-corrected chi connectivity index (χ4v) is 5.17. The highest BCUT2D eigenvalue weighted by Crippen LogP contribution is 2.56. The van der Waals surface area contributed by atoms with Crippen molar-refractivity contribution in [2.45, 2.75) is 43.4 Å². The Morgan fingerprint density at radius 3 is 2.56 bits per heavy atom. The van der Waals surface area contributed by atoms with Gasteiger partial charge in [0.25, 0.3) is 17.5 Å². The zero-order chi connectivity index (χ0) is 24.4. The minimum absolute atomic E-state index is 0.00411. The SMILES string of the molecule is CC(Nc1nn(C)c(=O)c2cc(=O)n(C34COC(CF)(C3)C4)cc12)c1cccc(C(F)F)c1F. The predicted octanol–water partition coefficient (Wildman–Crippen LogP) is 3.57. The van der Waals surface area contributed by atoms with Crippen molar-refractivity contribution < 1.29 is 22.3 Å². The first-order valence-corrected chi connectivity index (χ1v) is 10.8. The fraction of sp³-hybridized carbons (Fsp3) is 0.435. The maximum atomic E-state index is 14.7. The van der Waals surface area contributed by atoms with Crippen LogP contribution in [-0.2, 0) is 17.3 Å². The molecule has 2 bridgehead atoms. The molecular formula is C23H22F4N4O3. The number of aryl methyl sites for hydroxylation is 1. The number of hydrogen-bond donors (Lipinski definition) is 1. The van der Waals surface area contributed by atoms with Crippen LogP contribution >= 0.6 is 0 Å². The second-order valence-corrected chi connectivity index (χ2v) is 9.19. The van der Waals surface area contributed by atoms with Crippen molar-refractivity contribution in [1.82, 2.24) is 14.3 Å². The summed E-state index contributed by atoms with van der Waals surface area (Å²) in [4.78, 5) is 25.6. The molecule has 2 aromatic heterocycles. The Morgan fingerprint density at radius 1 is 1.21 bits per heavy atom. The lowest BCUT2D eigenvalue weighted by Gasteiger charge is -2.44. The number of rotatable bonds is 6. The molecular weight excluding hydrogens is 456 g/mol. The van der Waals surface area contributed by atoms with Crippen LogP contribution in [0.3, 0.4) is 0 Å². The van der Waals surface area contributed by atoms with Crippen molar-refractivity contribution in [3.05, 3.63) is 68.1 Å². The van der Waals surface area contributed by atoms with Crippen LogP contribution in [0.4, 0.5) is 23.4 Å². The number of benzene rings is 1. The molecule has 2 aliphatic heterocycles. The van der Waals surface area contributed by atoms with E-state index in [0.29, 0.717) is 18.2 Å². The summed E-state index contributed by atoms with van der Waals surface area (Å²) in [5, 5.41) is 7.63. The molecule has 1 atom stereocenters. The average Bonchev–Trinajstić information content (AvgIpc) is 3.34. The number of nitrogens with zero attached hydrogens (tertiary/aromatic N) is 3. The Morgan fingerprint density at radius 2 is 1.91 bits per heavy atom. The van der Waals surface area contributed by atoms with Gasteiger partial charge in [-0.2, -0.15) is 5.10 Å². The van der Waals surface area contributed by atoms with Crippen molar-refractivity contribution in [1.29, 1.82) is 0 Å². The smallest absolute Gasteiger partial charge is 0.274 e. The summed E-state index contributed by atoms with van der Waals surface area (Å²) in [6, 6.07) is 4.17. The van der Waals surface area contributed by atoms with Gasteiger partial charge in [-0.1, -0.05) is 18.2 Å². The normalized spacial score (nSPS) is 24.4. The summed E-state index contributed by atoms with van der Waals surface area (Å²) >= 11 is 0. The number of nitrogens with one attached hydrogen (secondary N) is 1. The number of alkyl halides is 3. The molecule has 0 radical (unpaired) electrons. The van der Waals surface area contributed by atoms with Crippen LogP contribution in [0.25, 0.3) is 10.8 Å². The minimum Gasteiger partial charge on any atom is -0.370 e. The van der Waals surface area contributed by atoms with Crippen LogP contribution in [-0.4, -0.2) is 33.2 Å². The Bertz CT molecular complexity index is 1410. The average molecular weight is 478 g/mol. The predicted molar refractivity (Wildman–Crippen MR) is 117 cm³/mol. The lowest BCUT2D eigenvalue weighted by Crippen LogP contribution is -2.54. The Hall–Kier alpha value is -3.21. The maximum absolute atomic E-state index is 14.7. The number of halogens is 4. The topological polar surface area (TPSA) is 78.2 Å². The van der Waals surface area contributed by atoms with Gasteiger partial charge in [0.2, 0.25) is 0 Å². The van der Waals surface area contributed by atoms with E-state index in [9.17, 15) is 27.2 Å². The van der Waals surface area contributed by atoms with Crippen LogP contribution < -0.4 is 16.4 Å². The van der Waals surface area contributed by atoms with Crippen molar-refractivity contribution in [2.75, 3.05) is 18.6 Å². The van der Waals surface area contributed by atoms with E-state index in [0.717, 1.165) is 10.7 Å². The van der Waals surface area contributed by atoms with Gasteiger partial charge in [-0.15, -0.1) is 0 Å². The number of hydrogen-bond acceptors (Lipinski definition) is 5. The first-order valence-electron chi connectivity index (χ1n) is 10.8. The van der Waals surface area contributed by atoms with Crippen molar-refractivity contribution in [3.63, 3.8) is 0 Å². The van der Waals surface area contributed by atoms with Crippen molar-refractivity contribution in [2.24, 2.45) is 7.05 Å². The monoisotopic (exact) mass is 478 g/mol. The molecule has 3 fully saturated rings. The van der Waals surface area contributed by atoms with E-state index in [4.69, 9.17) is 4.74 Å². The van der Waals surface area contributed by atoms with E-state index in [1.54, 1.807) is 6.92 Å². The first kappa shape index (κ1) is 22.6. The molecule has 2 saturated heterocycles. The summed E-state index contributed by atoms with van der Waals surface area (Å²) < 4.78 is 62.5. The number of ether oxygens (including phenoxy) is 1. The molecule has 1 aromatic carbocycles. The molecule has 11 heteroatoms. The molecule has 1 N–H and O–H groups in total. The summed E-state index contributed by atoms with van der Waals surface area (Å²) in [5.74, 6) is -0.853. The fourth-order valence-electron chi connectivity index (χ4n) is 5.17. The van der Waals surface area contributed by atoms with Crippen molar-refractivity contribution in [3.8, 4) is 0 Å². The molecule has 1 unspecified atom stereocenters. The number of anilines is 1. The molecule has 0 spiro atoms. The van der Waals surface area contributed by atoms with Gasteiger partial charge in [-0.05, 0) is 6.92 Å². The molecule has 180 valence electrons. The summed E-state index contributed by atoms with van der Waals surface area (Å²) in [7, 11) is 1.41. The second kappa shape index (κ2) is 7.66. The highest BCUT2D eigenvalue weighted by Gasteiger charge is 2.64. The van der Waals surface area contributed by atoms with Crippen LogP contribution in [0.2, 0.25) is 0 Å². The molecule has 3 aliphatic rings. The van der Waals surface area contributed by atoms with E-state index in [-0.39, 0.29) is 23.4 Å². The van der Waals surface area contributed by atoms with Gasteiger partial charge < -0.3 is 14.6 Å². The molecule has 3 aromatic rings. The highest BCUT2D eigenvalue weighted by atomic mass is 19.3. The highest BCUT2D eigenvalue weighted by molar-refractivity contribution is 5.90. The summed E-state index contributed by atoms with van der Waals surface area (Å²) in [6.07, 6.45) is -0.801. The number of fused-ring (bicyclic) bond motifs is 2. The standard InChI is InChI=1S/C23H22F4N4O3/c1-12(13-4-3-5-14(18(13)25)19(26)27)28-20-16-7-31(22-8-23(9-22,10-24)34-11-22)17(32)6-15(16)21(33)30(2)29-20/h3-7,12,19H,8-11H2,1-2H3,(H,28,29). The van der Waals surface area contributed by atoms with Gasteiger partial charge in [0.15, 0.2) is 5.82 Å². The van der Waals surface area contributed by atoms with E-state index in [1.807, 2.05) is 0 Å². The van der Waals surface area contributed by atoms with Crippen LogP contribution in [0.15, 0.2) is 40.1 Å². The molecule has 1 saturated carbocycles. The van der Waals surface area contributed by atoms with Gasteiger partial charge in [-0.25, -0.2) is 22.2 Å². The Balaban J connectivity index is 1.59. The zero-order valence-electron chi connectivity index (χ0n) is 18.4. The summed E-state index contributed by atoms with van der Waals surface area (Å²) in [5.41, 5.74) is -3.22. The van der Waals surface area contributed by atoms with Crippen LogP contribution in [0, 0.1) is 5.82 Å². The minimum atomic E-state index is -2.97. The summed E-state index contributed by atoms with van der Waals surface area (Å²) in [6.45, 7) is 1.10. The van der Waals surface area contributed by atoms with Crippen molar-refractivity contribution >= 4 is 16.6 Å². The second-order valence-electron chi connectivity index (χ2n) is 9.19. The van der Waals surface area contributed by atoms with E-state index in [2.05, 4.69) is 10.4 Å².